The number of amides is 1. The zero-order valence-corrected chi connectivity index (χ0v) is 18.8. The van der Waals surface area contributed by atoms with Crippen LogP contribution in [-0.4, -0.2) is 41.5 Å². The molecule has 1 saturated heterocycles. The maximum atomic E-state index is 13.3. The van der Waals surface area contributed by atoms with Gasteiger partial charge in [-0.3, -0.25) is 9.59 Å². The zero-order valence-electron chi connectivity index (χ0n) is 18.8. The number of ketones is 1. The largest absolute Gasteiger partial charge is 0.507 e. The lowest BCUT2D eigenvalue weighted by Gasteiger charge is -2.31. The molecule has 0 aromatic heterocycles. The molecule has 1 amide bonds. The number of benzene rings is 2. The predicted molar refractivity (Wildman–Crippen MR) is 122 cm³/mol. The third-order valence-electron chi connectivity index (χ3n) is 6.37. The molecule has 1 saturated carbocycles. The molecule has 2 aromatic carbocycles. The van der Waals surface area contributed by atoms with Crippen LogP contribution < -0.4 is 9.47 Å². The van der Waals surface area contributed by atoms with Crippen molar-refractivity contribution < 1.29 is 24.2 Å². The normalized spacial score (nSPS) is 20.7. The summed E-state index contributed by atoms with van der Waals surface area (Å²) >= 11 is 0. The number of nitrogens with zero attached hydrogens (tertiary/aromatic N) is 1. The topological polar surface area (TPSA) is 76.1 Å². The van der Waals surface area contributed by atoms with E-state index in [1.54, 1.807) is 30.2 Å². The van der Waals surface area contributed by atoms with Gasteiger partial charge < -0.3 is 19.5 Å². The Labute approximate surface area is 188 Å². The van der Waals surface area contributed by atoms with Crippen molar-refractivity contribution in [2.75, 3.05) is 13.7 Å². The molecular formula is C26H29NO5. The second-order valence-electron chi connectivity index (χ2n) is 8.33. The van der Waals surface area contributed by atoms with Crippen LogP contribution in [0.3, 0.4) is 0 Å². The molecule has 0 spiro atoms. The Bertz CT molecular complexity index is 1070. The highest BCUT2D eigenvalue weighted by Gasteiger charge is 2.49. The van der Waals surface area contributed by atoms with E-state index >= 15 is 0 Å². The average Bonchev–Trinajstić information content (AvgIpc) is 3.40. The fourth-order valence-electron chi connectivity index (χ4n) is 4.85. The quantitative estimate of drug-likeness (QED) is 0.402. The van der Waals surface area contributed by atoms with Crippen LogP contribution in [-0.2, 0) is 9.59 Å². The fourth-order valence-corrected chi connectivity index (χ4v) is 4.85. The first-order valence-corrected chi connectivity index (χ1v) is 11.1. The van der Waals surface area contributed by atoms with Gasteiger partial charge in [-0.2, -0.15) is 0 Å². The van der Waals surface area contributed by atoms with Crippen molar-refractivity contribution in [3.8, 4) is 11.5 Å². The number of methoxy groups -OCH3 is 1. The minimum atomic E-state index is -0.653. The molecule has 6 nitrogen and oxygen atoms in total. The number of likely N-dealkylation sites (tertiary alicyclic amines) is 1. The summed E-state index contributed by atoms with van der Waals surface area (Å²) in [7, 11) is 1.58. The Hall–Kier alpha value is -3.28. The van der Waals surface area contributed by atoms with Gasteiger partial charge in [-0.15, -0.1) is 0 Å². The number of hydrogen-bond donors (Lipinski definition) is 1. The second-order valence-corrected chi connectivity index (χ2v) is 8.33. The lowest BCUT2D eigenvalue weighted by atomic mass is 9.93. The molecule has 4 rings (SSSR count). The molecular weight excluding hydrogens is 406 g/mol. The number of aryl methyl sites for hydroxylation is 1. The zero-order chi connectivity index (χ0) is 22.8. The Morgan fingerprint density at radius 3 is 2.50 bits per heavy atom. The number of aliphatic hydroxyl groups is 1. The molecule has 1 unspecified atom stereocenters. The molecule has 1 aliphatic heterocycles. The van der Waals surface area contributed by atoms with E-state index in [9.17, 15) is 14.7 Å². The van der Waals surface area contributed by atoms with Crippen molar-refractivity contribution >= 4 is 17.4 Å². The Kier molecular flexibility index (Phi) is 6.21. The van der Waals surface area contributed by atoms with E-state index in [0.717, 1.165) is 36.8 Å². The van der Waals surface area contributed by atoms with Gasteiger partial charge in [0.05, 0.1) is 25.3 Å². The van der Waals surface area contributed by atoms with E-state index in [1.807, 2.05) is 38.1 Å². The number of carbonyl (C=O) groups is 2. The van der Waals surface area contributed by atoms with E-state index < -0.39 is 17.7 Å². The lowest BCUT2D eigenvalue weighted by Crippen LogP contribution is -2.37. The van der Waals surface area contributed by atoms with Crippen LogP contribution >= 0.6 is 0 Å². The van der Waals surface area contributed by atoms with Gasteiger partial charge in [-0.25, -0.2) is 0 Å². The molecule has 168 valence electrons. The van der Waals surface area contributed by atoms with Gasteiger partial charge in [0, 0.05) is 11.6 Å². The summed E-state index contributed by atoms with van der Waals surface area (Å²) in [5, 5.41) is 11.3. The highest BCUT2D eigenvalue weighted by molar-refractivity contribution is 6.46. The second kappa shape index (κ2) is 9.07. The molecule has 1 atom stereocenters. The Morgan fingerprint density at radius 1 is 1.09 bits per heavy atom. The van der Waals surface area contributed by atoms with Crippen molar-refractivity contribution in [2.45, 2.75) is 51.6 Å². The van der Waals surface area contributed by atoms with Crippen LogP contribution in [0, 0.1) is 6.92 Å². The minimum absolute atomic E-state index is 0.0190. The highest BCUT2D eigenvalue weighted by atomic mass is 16.5. The number of ether oxygens (including phenoxy) is 2. The smallest absolute Gasteiger partial charge is 0.295 e. The summed E-state index contributed by atoms with van der Waals surface area (Å²) in [6.45, 7) is 4.26. The van der Waals surface area contributed by atoms with Gasteiger partial charge in [0.25, 0.3) is 11.7 Å². The van der Waals surface area contributed by atoms with Crippen LogP contribution in [0.15, 0.2) is 48.0 Å². The lowest BCUT2D eigenvalue weighted by molar-refractivity contribution is -0.141. The predicted octanol–water partition coefficient (Wildman–Crippen LogP) is 4.77. The van der Waals surface area contributed by atoms with Crippen molar-refractivity contribution in [3.05, 3.63) is 64.7 Å². The highest BCUT2D eigenvalue weighted by Crippen LogP contribution is 2.44. The Morgan fingerprint density at radius 2 is 1.84 bits per heavy atom. The first kappa shape index (κ1) is 21.9. The van der Waals surface area contributed by atoms with Gasteiger partial charge >= 0.3 is 0 Å². The monoisotopic (exact) mass is 435 g/mol. The molecule has 6 heteroatoms. The fraction of sp³-hybridized carbons (Fsp3) is 0.385. The number of hydrogen-bond acceptors (Lipinski definition) is 5. The van der Waals surface area contributed by atoms with Gasteiger partial charge in [-0.05, 0) is 68.1 Å². The summed E-state index contributed by atoms with van der Waals surface area (Å²) in [5.74, 6) is -0.0160. The van der Waals surface area contributed by atoms with Crippen LogP contribution in [0.5, 0.6) is 11.5 Å². The van der Waals surface area contributed by atoms with Gasteiger partial charge in [0.15, 0.2) is 0 Å². The summed E-state index contributed by atoms with van der Waals surface area (Å²) in [4.78, 5) is 28.1. The molecule has 2 fully saturated rings. The molecule has 2 aromatic rings. The van der Waals surface area contributed by atoms with E-state index in [4.69, 9.17) is 9.47 Å². The SMILES string of the molecule is CCOc1cccc(C2/C(=C(\O)c3ccc(OC)cc3C)C(=O)C(=O)N2C2CCCC2)c1. The molecule has 1 heterocycles. The van der Waals surface area contributed by atoms with Crippen molar-refractivity contribution in [3.63, 3.8) is 0 Å². The van der Waals surface area contributed by atoms with E-state index in [2.05, 4.69) is 0 Å². The number of carbonyl (C=O) groups excluding carboxylic acids is 2. The molecule has 0 bridgehead atoms. The van der Waals surface area contributed by atoms with E-state index in [1.165, 1.54) is 0 Å². The van der Waals surface area contributed by atoms with Crippen molar-refractivity contribution in [1.82, 2.24) is 4.90 Å². The van der Waals surface area contributed by atoms with Gasteiger partial charge in [0.2, 0.25) is 0 Å². The van der Waals surface area contributed by atoms with Crippen LogP contribution in [0.1, 0.15) is 55.3 Å². The molecule has 32 heavy (non-hydrogen) atoms. The number of Topliss-reactive ketones (excluding diaryl/α,β-unsaturated/α-hetero) is 1. The van der Waals surface area contributed by atoms with E-state index in [0.29, 0.717) is 23.7 Å². The number of aliphatic hydroxyl groups excluding tert-OH is 1. The third-order valence-corrected chi connectivity index (χ3v) is 6.37. The minimum Gasteiger partial charge on any atom is -0.507 e. The number of rotatable bonds is 6. The van der Waals surface area contributed by atoms with Crippen LogP contribution in [0.4, 0.5) is 0 Å². The molecule has 2 aliphatic rings. The van der Waals surface area contributed by atoms with Crippen LogP contribution in [0.25, 0.3) is 5.76 Å². The van der Waals surface area contributed by atoms with E-state index in [-0.39, 0.29) is 17.4 Å². The summed E-state index contributed by atoms with van der Waals surface area (Å²) < 4.78 is 10.9. The van der Waals surface area contributed by atoms with Gasteiger partial charge in [-0.1, -0.05) is 25.0 Å². The standard InChI is InChI=1S/C26H29NO5/c1-4-32-20-11-7-8-17(15-20)23-22(24(28)21-13-12-19(31-3)14-16(21)2)25(29)26(30)27(23)18-9-5-6-10-18/h7-8,11-15,18,23,28H,4-6,9-10H2,1-3H3/b24-22+. The van der Waals surface area contributed by atoms with Gasteiger partial charge in [0.1, 0.15) is 17.3 Å². The third kappa shape index (κ3) is 3.85. The van der Waals surface area contributed by atoms with Crippen molar-refractivity contribution in [1.29, 1.82) is 0 Å². The van der Waals surface area contributed by atoms with Crippen molar-refractivity contribution in [2.24, 2.45) is 0 Å². The molecule has 0 radical (unpaired) electrons. The first-order chi connectivity index (χ1) is 15.5. The maximum Gasteiger partial charge on any atom is 0.295 e. The van der Waals surface area contributed by atoms with Crippen LogP contribution in [0.2, 0.25) is 0 Å². The summed E-state index contributed by atoms with van der Waals surface area (Å²) in [6, 6.07) is 12.0. The summed E-state index contributed by atoms with van der Waals surface area (Å²) in [5.41, 5.74) is 2.16. The summed E-state index contributed by atoms with van der Waals surface area (Å²) in [6.07, 6.45) is 3.76. The molecule has 1 aliphatic carbocycles. The Balaban J connectivity index is 1.88. The first-order valence-electron chi connectivity index (χ1n) is 11.1. The average molecular weight is 436 g/mol. The molecule has 1 N–H and O–H groups in total. The maximum absolute atomic E-state index is 13.3.